The van der Waals surface area contributed by atoms with E-state index >= 15 is 0 Å². The fraction of sp³-hybridized carbons (Fsp3) is 0.583. The van der Waals surface area contributed by atoms with Crippen LogP contribution in [0.4, 0.5) is 11.6 Å². The summed E-state index contributed by atoms with van der Waals surface area (Å²) in [6, 6.07) is 5.57. The number of nitrogens with zero attached hydrogens (tertiary/aromatic N) is 1. The number of aromatic nitrogens is 1. The molecule has 0 spiro atoms. The van der Waals surface area contributed by atoms with Crippen molar-refractivity contribution in [1.29, 1.82) is 0 Å². The van der Waals surface area contributed by atoms with Crippen LogP contribution in [0.2, 0.25) is 0 Å². The number of nitrogens with one attached hydrogen (secondary N) is 2. The van der Waals surface area contributed by atoms with E-state index in [4.69, 9.17) is 0 Å². The van der Waals surface area contributed by atoms with Crippen molar-refractivity contribution in [2.75, 3.05) is 30.4 Å². The lowest BCUT2D eigenvalue weighted by molar-refractivity contribution is 0.147. The number of hydrogen-bond donors (Lipinski definition) is 4. The van der Waals surface area contributed by atoms with E-state index in [-0.39, 0.29) is 13.2 Å². The average Bonchev–Trinajstić information content (AvgIpc) is 2.36. The maximum atomic E-state index is 9.19. The summed E-state index contributed by atoms with van der Waals surface area (Å²) >= 11 is 0. The second-order valence-corrected chi connectivity index (χ2v) is 4.34. The van der Waals surface area contributed by atoms with E-state index in [9.17, 15) is 10.2 Å². The van der Waals surface area contributed by atoms with E-state index in [0.29, 0.717) is 5.82 Å². The zero-order chi connectivity index (χ0) is 12.7. The quantitative estimate of drug-likeness (QED) is 0.572. The van der Waals surface area contributed by atoms with E-state index in [0.717, 1.165) is 18.8 Å². The zero-order valence-corrected chi connectivity index (χ0v) is 10.4. The number of aliphatic hydroxyl groups excluding tert-OH is 2. The molecule has 0 aliphatic carbocycles. The van der Waals surface area contributed by atoms with Crippen LogP contribution in [-0.4, -0.2) is 40.5 Å². The van der Waals surface area contributed by atoms with E-state index in [1.807, 2.05) is 12.1 Å². The first-order chi connectivity index (χ1) is 8.13. The highest BCUT2D eigenvalue weighted by molar-refractivity contribution is 5.46. The topological polar surface area (TPSA) is 77.4 Å². The molecule has 0 aliphatic heterocycles. The molecule has 17 heavy (non-hydrogen) atoms. The van der Waals surface area contributed by atoms with Crippen molar-refractivity contribution >= 4 is 11.6 Å². The minimum Gasteiger partial charge on any atom is -0.394 e. The van der Waals surface area contributed by atoms with Gasteiger partial charge in [0.15, 0.2) is 0 Å². The molecule has 0 saturated carbocycles. The average molecular weight is 239 g/mol. The van der Waals surface area contributed by atoms with Crippen molar-refractivity contribution in [3.05, 3.63) is 18.2 Å². The number of rotatable bonds is 7. The molecule has 0 atom stereocenters. The molecule has 0 aromatic carbocycles. The van der Waals surface area contributed by atoms with Crippen LogP contribution < -0.4 is 10.6 Å². The second-order valence-electron chi connectivity index (χ2n) is 4.34. The molecule has 0 fully saturated rings. The van der Waals surface area contributed by atoms with E-state index in [1.165, 1.54) is 0 Å². The molecule has 5 heteroatoms. The van der Waals surface area contributed by atoms with E-state index in [2.05, 4.69) is 22.5 Å². The van der Waals surface area contributed by atoms with Gasteiger partial charge < -0.3 is 20.8 Å². The van der Waals surface area contributed by atoms with Crippen LogP contribution in [0.3, 0.4) is 0 Å². The molecular formula is C12H21N3O2. The molecule has 0 bridgehead atoms. The monoisotopic (exact) mass is 239 g/mol. The van der Waals surface area contributed by atoms with Crippen LogP contribution in [0.15, 0.2) is 18.2 Å². The predicted molar refractivity (Wildman–Crippen MR) is 69.2 cm³/mol. The van der Waals surface area contributed by atoms with Gasteiger partial charge in [-0.15, -0.1) is 0 Å². The largest absolute Gasteiger partial charge is 0.394 e. The Labute approximate surface area is 102 Å². The highest BCUT2D eigenvalue weighted by Crippen LogP contribution is 2.14. The Hall–Kier alpha value is -1.33. The van der Waals surface area contributed by atoms with E-state index in [1.54, 1.807) is 13.0 Å². The molecule has 0 aliphatic rings. The van der Waals surface area contributed by atoms with Gasteiger partial charge >= 0.3 is 0 Å². The van der Waals surface area contributed by atoms with Crippen molar-refractivity contribution < 1.29 is 10.2 Å². The maximum Gasteiger partial charge on any atom is 0.128 e. The summed E-state index contributed by atoms with van der Waals surface area (Å²) in [7, 11) is 0. The second kappa shape index (κ2) is 6.42. The fourth-order valence-corrected chi connectivity index (χ4v) is 1.29. The summed E-state index contributed by atoms with van der Waals surface area (Å²) in [6.45, 7) is 4.38. The summed E-state index contributed by atoms with van der Waals surface area (Å²) in [4.78, 5) is 4.35. The molecular weight excluding hydrogens is 218 g/mol. The van der Waals surface area contributed by atoms with Gasteiger partial charge in [0.2, 0.25) is 0 Å². The lowest BCUT2D eigenvalue weighted by Crippen LogP contribution is -2.42. The first kappa shape index (κ1) is 13.7. The minimum absolute atomic E-state index is 0.155. The van der Waals surface area contributed by atoms with Gasteiger partial charge in [-0.1, -0.05) is 13.0 Å². The van der Waals surface area contributed by atoms with Crippen LogP contribution in [0.25, 0.3) is 0 Å². The Kier molecular flexibility index (Phi) is 5.18. The maximum absolute atomic E-state index is 9.19. The third kappa shape index (κ3) is 4.20. The Morgan fingerprint density at radius 1 is 1.24 bits per heavy atom. The molecule has 96 valence electrons. The number of anilines is 2. The number of aliphatic hydroxyl groups is 2. The standard InChI is InChI=1S/C12H21N3O2/c1-3-7-13-10-5-4-6-11(14-10)15-12(2,8-16)9-17/h4-6,16-17H,3,7-9H2,1-2H3,(H2,13,14,15). The van der Waals surface area contributed by atoms with Crippen LogP contribution in [0.5, 0.6) is 0 Å². The molecule has 1 rings (SSSR count). The SMILES string of the molecule is CCCNc1cccc(NC(C)(CO)CO)n1. The van der Waals surface area contributed by atoms with Crippen molar-refractivity contribution in [3.63, 3.8) is 0 Å². The number of hydrogen-bond acceptors (Lipinski definition) is 5. The third-order valence-electron chi connectivity index (χ3n) is 2.43. The minimum atomic E-state index is -0.754. The molecule has 4 N–H and O–H groups in total. The molecule has 0 amide bonds. The molecule has 0 radical (unpaired) electrons. The highest BCUT2D eigenvalue weighted by atomic mass is 16.3. The van der Waals surface area contributed by atoms with Crippen LogP contribution in [0.1, 0.15) is 20.3 Å². The Morgan fingerprint density at radius 3 is 2.47 bits per heavy atom. The molecule has 0 saturated heterocycles. The summed E-state index contributed by atoms with van der Waals surface area (Å²) < 4.78 is 0. The Morgan fingerprint density at radius 2 is 1.88 bits per heavy atom. The molecule has 1 aromatic rings. The van der Waals surface area contributed by atoms with Crippen molar-refractivity contribution in [2.45, 2.75) is 25.8 Å². The summed E-state index contributed by atoms with van der Waals surface area (Å²) in [5.41, 5.74) is -0.754. The molecule has 5 nitrogen and oxygen atoms in total. The third-order valence-corrected chi connectivity index (χ3v) is 2.43. The zero-order valence-electron chi connectivity index (χ0n) is 10.4. The normalized spacial score (nSPS) is 11.3. The molecule has 1 heterocycles. The molecule has 0 unspecified atom stereocenters. The first-order valence-corrected chi connectivity index (χ1v) is 5.84. The summed E-state index contributed by atoms with van der Waals surface area (Å²) in [5, 5.41) is 24.6. The smallest absolute Gasteiger partial charge is 0.128 e. The van der Waals surface area contributed by atoms with Gasteiger partial charge in [-0.3, -0.25) is 0 Å². The first-order valence-electron chi connectivity index (χ1n) is 5.84. The lowest BCUT2D eigenvalue weighted by Gasteiger charge is -2.26. The van der Waals surface area contributed by atoms with Crippen molar-refractivity contribution in [1.82, 2.24) is 4.98 Å². The van der Waals surface area contributed by atoms with Crippen molar-refractivity contribution in [2.24, 2.45) is 0 Å². The Bertz CT molecular complexity index is 340. The van der Waals surface area contributed by atoms with E-state index < -0.39 is 5.54 Å². The van der Waals surface area contributed by atoms with Gasteiger partial charge in [0.1, 0.15) is 11.6 Å². The van der Waals surface area contributed by atoms with Gasteiger partial charge in [-0.05, 0) is 25.5 Å². The van der Waals surface area contributed by atoms with Gasteiger partial charge in [0, 0.05) is 6.54 Å². The van der Waals surface area contributed by atoms with Crippen molar-refractivity contribution in [3.8, 4) is 0 Å². The summed E-state index contributed by atoms with van der Waals surface area (Å²) in [6.07, 6.45) is 1.03. The van der Waals surface area contributed by atoms with Gasteiger partial charge in [0.05, 0.1) is 18.8 Å². The predicted octanol–water partition coefficient (Wildman–Crippen LogP) is 1.06. The highest BCUT2D eigenvalue weighted by Gasteiger charge is 2.22. The lowest BCUT2D eigenvalue weighted by atomic mass is 10.1. The van der Waals surface area contributed by atoms with Crippen LogP contribution in [-0.2, 0) is 0 Å². The summed E-state index contributed by atoms with van der Waals surface area (Å²) in [5.74, 6) is 1.42. The van der Waals surface area contributed by atoms with Gasteiger partial charge in [0.25, 0.3) is 0 Å². The Balaban J connectivity index is 2.71. The van der Waals surface area contributed by atoms with Crippen LogP contribution in [0, 0.1) is 0 Å². The fourth-order valence-electron chi connectivity index (χ4n) is 1.29. The molecule has 1 aromatic heterocycles. The van der Waals surface area contributed by atoms with Crippen LogP contribution >= 0.6 is 0 Å². The van der Waals surface area contributed by atoms with Gasteiger partial charge in [-0.25, -0.2) is 4.98 Å². The van der Waals surface area contributed by atoms with Gasteiger partial charge in [-0.2, -0.15) is 0 Å². The number of pyridine rings is 1.